The number of rotatable bonds is 7. The van der Waals surface area contributed by atoms with E-state index in [2.05, 4.69) is 21.8 Å². The maximum absolute atomic E-state index is 10.3. The van der Waals surface area contributed by atoms with Crippen LogP contribution in [0.2, 0.25) is 0 Å². The smallest absolute Gasteiger partial charge is 0.304 e. The molecule has 0 radical (unpaired) electrons. The number of nitrogens with one attached hydrogen (secondary N) is 1. The van der Waals surface area contributed by atoms with E-state index < -0.39 is 5.97 Å². The number of carbonyl (C=O) groups is 1. The molecule has 1 aromatic rings. The molecule has 5 heteroatoms. The lowest BCUT2D eigenvalue weighted by Gasteiger charge is -2.06. The monoisotopic (exact) mass is 211 g/mol. The summed E-state index contributed by atoms with van der Waals surface area (Å²) < 4.78 is 2.08. The highest BCUT2D eigenvalue weighted by Crippen LogP contribution is 1.98. The van der Waals surface area contributed by atoms with E-state index in [1.165, 1.54) is 0 Å². The van der Waals surface area contributed by atoms with E-state index in [1.54, 1.807) is 6.20 Å². The fourth-order valence-corrected chi connectivity index (χ4v) is 1.35. The van der Waals surface area contributed by atoms with Crippen molar-refractivity contribution in [1.82, 2.24) is 14.9 Å². The Labute approximate surface area is 89.1 Å². The maximum Gasteiger partial charge on any atom is 0.304 e. The molecule has 0 atom stereocenters. The average Bonchev–Trinajstić information content (AvgIpc) is 2.61. The molecule has 2 N–H and O–H groups in total. The van der Waals surface area contributed by atoms with Crippen molar-refractivity contribution < 1.29 is 9.90 Å². The topological polar surface area (TPSA) is 67.2 Å². The lowest BCUT2D eigenvalue weighted by atomic mass is 10.4. The molecular formula is C10H17N3O2. The summed E-state index contributed by atoms with van der Waals surface area (Å²) in [5, 5.41) is 11.5. The summed E-state index contributed by atoms with van der Waals surface area (Å²) in [7, 11) is 0. The van der Waals surface area contributed by atoms with E-state index in [0.29, 0.717) is 13.1 Å². The van der Waals surface area contributed by atoms with Crippen LogP contribution in [-0.2, 0) is 17.9 Å². The van der Waals surface area contributed by atoms with Crippen molar-refractivity contribution in [1.29, 1.82) is 0 Å². The summed E-state index contributed by atoms with van der Waals surface area (Å²) in [5.74, 6) is 0.182. The number of carboxylic acids is 1. The van der Waals surface area contributed by atoms with Crippen LogP contribution in [0.5, 0.6) is 0 Å². The van der Waals surface area contributed by atoms with Crippen molar-refractivity contribution in [3.63, 3.8) is 0 Å². The van der Waals surface area contributed by atoms with E-state index >= 15 is 0 Å². The van der Waals surface area contributed by atoms with Crippen LogP contribution in [0.4, 0.5) is 0 Å². The molecule has 0 aromatic carbocycles. The molecule has 0 unspecified atom stereocenters. The molecule has 1 heterocycles. The van der Waals surface area contributed by atoms with Gasteiger partial charge in [0.25, 0.3) is 0 Å². The van der Waals surface area contributed by atoms with Crippen LogP contribution in [-0.4, -0.2) is 27.2 Å². The minimum Gasteiger partial charge on any atom is -0.481 e. The zero-order valence-corrected chi connectivity index (χ0v) is 8.94. The zero-order valence-electron chi connectivity index (χ0n) is 8.94. The minimum atomic E-state index is -0.778. The Bertz CT molecular complexity index is 309. The van der Waals surface area contributed by atoms with Gasteiger partial charge in [0, 0.05) is 25.5 Å². The van der Waals surface area contributed by atoms with Gasteiger partial charge in [0.05, 0.1) is 13.0 Å². The number of aryl methyl sites for hydroxylation is 1. The predicted octanol–water partition coefficient (Wildman–Crippen LogP) is 0.857. The van der Waals surface area contributed by atoms with Crippen LogP contribution >= 0.6 is 0 Å². The van der Waals surface area contributed by atoms with Gasteiger partial charge in [0.2, 0.25) is 0 Å². The van der Waals surface area contributed by atoms with Crippen molar-refractivity contribution in [2.45, 2.75) is 32.9 Å². The van der Waals surface area contributed by atoms with Crippen LogP contribution in [0, 0.1) is 0 Å². The molecule has 15 heavy (non-hydrogen) atoms. The molecule has 84 valence electrons. The van der Waals surface area contributed by atoms with Gasteiger partial charge in [0.15, 0.2) is 0 Å². The van der Waals surface area contributed by atoms with Gasteiger partial charge in [-0.05, 0) is 6.42 Å². The molecule has 1 aromatic heterocycles. The number of hydrogen-bond acceptors (Lipinski definition) is 3. The molecule has 0 bridgehead atoms. The third-order valence-electron chi connectivity index (χ3n) is 2.06. The summed E-state index contributed by atoms with van der Waals surface area (Å²) in [4.78, 5) is 14.5. The molecule has 0 saturated carbocycles. The third kappa shape index (κ3) is 4.12. The average molecular weight is 211 g/mol. The van der Waals surface area contributed by atoms with E-state index in [1.807, 2.05) is 6.20 Å². The van der Waals surface area contributed by atoms with E-state index in [9.17, 15) is 4.79 Å². The lowest BCUT2D eigenvalue weighted by molar-refractivity contribution is -0.136. The number of hydrogen-bond donors (Lipinski definition) is 2. The first kappa shape index (κ1) is 11.7. The second-order valence-corrected chi connectivity index (χ2v) is 3.36. The molecule has 0 aliphatic rings. The highest BCUT2D eigenvalue weighted by atomic mass is 16.4. The van der Waals surface area contributed by atoms with E-state index in [4.69, 9.17) is 5.11 Å². The number of imidazole rings is 1. The summed E-state index contributed by atoms with van der Waals surface area (Å²) in [6.07, 6.45) is 4.93. The lowest BCUT2D eigenvalue weighted by Crippen LogP contribution is -2.20. The highest BCUT2D eigenvalue weighted by molar-refractivity contribution is 5.66. The van der Waals surface area contributed by atoms with Crippen LogP contribution in [0.15, 0.2) is 12.4 Å². The summed E-state index contributed by atoms with van der Waals surface area (Å²) in [5.41, 5.74) is 0. The van der Waals surface area contributed by atoms with Gasteiger partial charge >= 0.3 is 5.97 Å². The SMILES string of the molecule is CCCn1ccnc1CNCCC(=O)O. The maximum atomic E-state index is 10.3. The van der Waals surface area contributed by atoms with Crippen LogP contribution in [0.3, 0.4) is 0 Å². The van der Waals surface area contributed by atoms with Crippen LogP contribution < -0.4 is 5.32 Å². The van der Waals surface area contributed by atoms with Gasteiger partial charge in [-0.2, -0.15) is 0 Å². The molecule has 0 amide bonds. The van der Waals surface area contributed by atoms with Crippen molar-refractivity contribution in [3.05, 3.63) is 18.2 Å². The van der Waals surface area contributed by atoms with Gasteiger partial charge in [-0.15, -0.1) is 0 Å². The van der Waals surface area contributed by atoms with Crippen LogP contribution in [0.1, 0.15) is 25.6 Å². The number of aromatic nitrogens is 2. The van der Waals surface area contributed by atoms with Gasteiger partial charge in [-0.3, -0.25) is 4.79 Å². The van der Waals surface area contributed by atoms with Gasteiger partial charge in [-0.25, -0.2) is 4.98 Å². The molecule has 1 rings (SSSR count). The van der Waals surface area contributed by atoms with E-state index in [-0.39, 0.29) is 6.42 Å². The molecule has 0 saturated heterocycles. The molecule has 0 aliphatic carbocycles. The van der Waals surface area contributed by atoms with Crippen LogP contribution in [0.25, 0.3) is 0 Å². The Balaban J connectivity index is 2.30. The van der Waals surface area contributed by atoms with Gasteiger partial charge in [0.1, 0.15) is 5.82 Å². The molecule has 0 fully saturated rings. The number of aliphatic carboxylic acids is 1. The fourth-order valence-electron chi connectivity index (χ4n) is 1.35. The molecule has 0 spiro atoms. The first-order valence-corrected chi connectivity index (χ1v) is 5.16. The van der Waals surface area contributed by atoms with Crippen molar-refractivity contribution in [2.24, 2.45) is 0 Å². The highest BCUT2D eigenvalue weighted by Gasteiger charge is 2.01. The molecule has 5 nitrogen and oxygen atoms in total. The van der Waals surface area contributed by atoms with Gasteiger partial charge < -0.3 is 15.0 Å². The zero-order chi connectivity index (χ0) is 11.1. The predicted molar refractivity (Wildman–Crippen MR) is 56.5 cm³/mol. The fraction of sp³-hybridized carbons (Fsp3) is 0.600. The Morgan fingerprint density at radius 3 is 3.13 bits per heavy atom. The Hall–Kier alpha value is -1.36. The summed E-state index contributed by atoms with van der Waals surface area (Å²) in [6.45, 7) is 4.17. The standard InChI is InChI=1S/C10H17N3O2/c1-2-6-13-7-5-12-9(13)8-11-4-3-10(14)15/h5,7,11H,2-4,6,8H2,1H3,(H,14,15). The van der Waals surface area contributed by atoms with Crippen molar-refractivity contribution in [2.75, 3.05) is 6.54 Å². The normalized spacial score (nSPS) is 10.5. The Morgan fingerprint density at radius 1 is 1.67 bits per heavy atom. The summed E-state index contributed by atoms with van der Waals surface area (Å²) in [6, 6.07) is 0. The molecule has 0 aliphatic heterocycles. The first-order valence-electron chi connectivity index (χ1n) is 5.16. The minimum absolute atomic E-state index is 0.147. The first-order chi connectivity index (χ1) is 7.24. The Morgan fingerprint density at radius 2 is 2.47 bits per heavy atom. The quantitative estimate of drug-likeness (QED) is 0.656. The molecular weight excluding hydrogens is 194 g/mol. The van der Waals surface area contributed by atoms with Crippen molar-refractivity contribution in [3.8, 4) is 0 Å². The second-order valence-electron chi connectivity index (χ2n) is 3.36. The summed E-state index contributed by atoms with van der Waals surface area (Å²) >= 11 is 0. The number of nitrogens with zero attached hydrogens (tertiary/aromatic N) is 2. The van der Waals surface area contributed by atoms with E-state index in [0.717, 1.165) is 18.8 Å². The Kier molecular flexibility index (Phi) is 4.83. The third-order valence-corrected chi connectivity index (χ3v) is 2.06. The van der Waals surface area contributed by atoms with Crippen molar-refractivity contribution >= 4 is 5.97 Å². The number of carboxylic acid groups (broad SMARTS) is 1. The second kappa shape index (κ2) is 6.19. The van der Waals surface area contributed by atoms with Gasteiger partial charge in [-0.1, -0.05) is 6.92 Å². The largest absolute Gasteiger partial charge is 0.481 e.